The summed E-state index contributed by atoms with van der Waals surface area (Å²) in [6, 6.07) is 5.75. The van der Waals surface area contributed by atoms with Gasteiger partial charge in [-0.25, -0.2) is 4.39 Å². The summed E-state index contributed by atoms with van der Waals surface area (Å²) in [5, 5.41) is 0. The quantitative estimate of drug-likeness (QED) is 0.674. The number of rotatable bonds is 8. The lowest BCUT2D eigenvalue weighted by Gasteiger charge is -2.20. The Morgan fingerprint density at radius 2 is 1.79 bits per heavy atom. The van der Waals surface area contributed by atoms with Crippen LogP contribution < -0.4 is 0 Å². The number of carbonyl (C=O) groups excluding carboxylic acids is 1. The molecule has 0 spiro atoms. The summed E-state index contributed by atoms with van der Waals surface area (Å²) in [6.45, 7) is 5.21. The molecule has 0 aromatic heterocycles. The van der Waals surface area contributed by atoms with Gasteiger partial charge in [0.25, 0.3) is 0 Å². The summed E-state index contributed by atoms with van der Waals surface area (Å²) in [7, 11) is 4.08. The summed E-state index contributed by atoms with van der Waals surface area (Å²) in [5.74, 6) is -0.262. The predicted molar refractivity (Wildman–Crippen MR) is 76.0 cm³/mol. The number of hydrogen-bond acceptors (Lipinski definition) is 3. The first-order valence-electron chi connectivity index (χ1n) is 6.68. The van der Waals surface area contributed by atoms with E-state index in [0.29, 0.717) is 12.1 Å². The van der Waals surface area contributed by atoms with Gasteiger partial charge in [-0.15, -0.1) is 0 Å². The van der Waals surface area contributed by atoms with Gasteiger partial charge >= 0.3 is 0 Å². The lowest BCUT2D eigenvalue weighted by Crippen LogP contribution is -2.32. The van der Waals surface area contributed by atoms with Gasteiger partial charge in [0.1, 0.15) is 5.82 Å². The van der Waals surface area contributed by atoms with Crippen LogP contribution in [0.4, 0.5) is 4.39 Å². The molecule has 0 amide bonds. The first-order valence-corrected chi connectivity index (χ1v) is 6.68. The average molecular weight is 266 g/mol. The SMILES string of the molecule is CCN(CCCN(C)C)CC(=O)c1ccc(F)cc1. The van der Waals surface area contributed by atoms with Gasteiger partial charge in [0.15, 0.2) is 5.78 Å². The van der Waals surface area contributed by atoms with E-state index in [4.69, 9.17) is 0 Å². The van der Waals surface area contributed by atoms with E-state index < -0.39 is 0 Å². The molecule has 0 N–H and O–H groups in total. The van der Waals surface area contributed by atoms with Crippen molar-refractivity contribution in [2.24, 2.45) is 0 Å². The third-order valence-electron chi connectivity index (χ3n) is 3.06. The molecular formula is C15H23FN2O. The molecule has 0 bridgehead atoms. The highest BCUT2D eigenvalue weighted by Gasteiger charge is 2.11. The Labute approximate surface area is 115 Å². The van der Waals surface area contributed by atoms with Crippen LogP contribution in [0, 0.1) is 5.82 Å². The van der Waals surface area contributed by atoms with Crippen LogP contribution in [0.2, 0.25) is 0 Å². The molecule has 4 heteroatoms. The lowest BCUT2D eigenvalue weighted by atomic mass is 10.1. The predicted octanol–water partition coefficient (Wildman–Crippen LogP) is 2.28. The highest BCUT2D eigenvalue weighted by atomic mass is 19.1. The molecule has 0 atom stereocenters. The Kier molecular flexibility index (Phi) is 6.67. The number of halogens is 1. The van der Waals surface area contributed by atoms with Gasteiger partial charge < -0.3 is 4.90 Å². The van der Waals surface area contributed by atoms with E-state index in [1.807, 2.05) is 21.0 Å². The molecule has 1 rings (SSSR count). The van der Waals surface area contributed by atoms with Crippen molar-refractivity contribution in [1.82, 2.24) is 9.80 Å². The van der Waals surface area contributed by atoms with Gasteiger partial charge in [-0.05, 0) is 64.4 Å². The van der Waals surface area contributed by atoms with Crippen molar-refractivity contribution in [3.8, 4) is 0 Å². The highest BCUT2D eigenvalue weighted by Crippen LogP contribution is 2.05. The molecule has 0 saturated heterocycles. The van der Waals surface area contributed by atoms with Gasteiger partial charge in [-0.1, -0.05) is 6.92 Å². The minimum atomic E-state index is -0.310. The second kappa shape index (κ2) is 8.02. The number of Topliss-reactive ketones (excluding diaryl/α,β-unsaturated/α-hetero) is 1. The van der Waals surface area contributed by atoms with Crippen LogP contribution in [-0.2, 0) is 0 Å². The average Bonchev–Trinajstić information content (AvgIpc) is 2.37. The Balaban J connectivity index is 2.46. The van der Waals surface area contributed by atoms with Crippen molar-refractivity contribution in [2.45, 2.75) is 13.3 Å². The Morgan fingerprint density at radius 1 is 1.16 bits per heavy atom. The third-order valence-corrected chi connectivity index (χ3v) is 3.06. The molecule has 0 aliphatic heterocycles. The number of carbonyl (C=O) groups is 1. The molecule has 3 nitrogen and oxygen atoms in total. The summed E-state index contributed by atoms with van der Waals surface area (Å²) in [5.41, 5.74) is 0.576. The van der Waals surface area contributed by atoms with Gasteiger partial charge in [0.2, 0.25) is 0 Å². The van der Waals surface area contributed by atoms with Crippen LogP contribution in [0.25, 0.3) is 0 Å². The minimum Gasteiger partial charge on any atom is -0.309 e. The van der Waals surface area contributed by atoms with Gasteiger partial charge in [-0.3, -0.25) is 9.69 Å². The molecular weight excluding hydrogens is 243 g/mol. The molecule has 106 valence electrons. The molecule has 0 fully saturated rings. The van der Waals surface area contributed by atoms with Crippen molar-refractivity contribution in [2.75, 3.05) is 40.3 Å². The second-order valence-corrected chi connectivity index (χ2v) is 4.96. The van der Waals surface area contributed by atoms with Crippen molar-refractivity contribution in [3.05, 3.63) is 35.6 Å². The molecule has 0 heterocycles. The number of benzene rings is 1. The fraction of sp³-hybridized carbons (Fsp3) is 0.533. The maximum Gasteiger partial charge on any atom is 0.176 e. The number of ketones is 1. The first kappa shape index (κ1) is 15.8. The van der Waals surface area contributed by atoms with Crippen molar-refractivity contribution < 1.29 is 9.18 Å². The Morgan fingerprint density at radius 3 is 2.32 bits per heavy atom. The second-order valence-electron chi connectivity index (χ2n) is 4.96. The van der Waals surface area contributed by atoms with Crippen LogP contribution >= 0.6 is 0 Å². The topological polar surface area (TPSA) is 23.6 Å². The standard InChI is InChI=1S/C15H23FN2O/c1-4-18(11-5-10-17(2)3)12-15(19)13-6-8-14(16)9-7-13/h6-9H,4-5,10-12H2,1-3H3. The summed E-state index contributed by atoms with van der Waals surface area (Å²) in [4.78, 5) is 16.3. The zero-order valence-corrected chi connectivity index (χ0v) is 12.0. The fourth-order valence-corrected chi connectivity index (χ4v) is 1.89. The van der Waals surface area contributed by atoms with E-state index in [1.54, 1.807) is 12.1 Å². The van der Waals surface area contributed by atoms with Crippen LogP contribution in [-0.4, -0.2) is 55.9 Å². The first-order chi connectivity index (χ1) is 9.02. The maximum atomic E-state index is 12.8. The molecule has 1 aromatic rings. The zero-order chi connectivity index (χ0) is 14.3. The molecule has 0 radical (unpaired) electrons. The summed E-state index contributed by atoms with van der Waals surface area (Å²) < 4.78 is 12.8. The van der Waals surface area contributed by atoms with Gasteiger partial charge in [0.05, 0.1) is 6.54 Å². The minimum absolute atomic E-state index is 0.0479. The maximum absolute atomic E-state index is 12.8. The van der Waals surface area contributed by atoms with E-state index in [1.165, 1.54) is 12.1 Å². The molecule has 0 unspecified atom stereocenters. The molecule has 0 aliphatic carbocycles. The van der Waals surface area contributed by atoms with Gasteiger partial charge in [-0.2, -0.15) is 0 Å². The summed E-state index contributed by atoms with van der Waals surface area (Å²) >= 11 is 0. The van der Waals surface area contributed by atoms with E-state index in [9.17, 15) is 9.18 Å². The van der Waals surface area contributed by atoms with Crippen molar-refractivity contribution in [1.29, 1.82) is 0 Å². The van der Waals surface area contributed by atoms with E-state index in [-0.39, 0.29) is 11.6 Å². The van der Waals surface area contributed by atoms with Crippen LogP contribution in [0.15, 0.2) is 24.3 Å². The Hall–Kier alpha value is -1.26. The number of hydrogen-bond donors (Lipinski definition) is 0. The van der Waals surface area contributed by atoms with Gasteiger partial charge in [0, 0.05) is 5.56 Å². The van der Waals surface area contributed by atoms with Crippen LogP contribution in [0.3, 0.4) is 0 Å². The van der Waals surface area contributed by atoms with E-state index in [2.05, 4.69) is 9.80 Å². The summed E-state index contributed by atoms with van der Waals surface area (Å²) in [6.07, 6.45) is 1.04. The smallest absolute Gasteiger partial charge is 0.176 e. The van der Waals surface area contributed by atoms with Crippen LogP contribution in [0.1, 0.15) is 23.7 Å². The van der Waals surface area contributed by atoms with Crippen LogP contribution in [0.5, 0.6) is 0 Å². The third kappa shape index (κ3) is 5.94. The highest BCUT2D eigenvalue weighted by molar-refractivity contribution is 5.97. The molecule has 19 heavy (non-hydrogen) atoms. The zero-order valence-electron chi connectivity index (χ0n) is 12.0. The molecule has 0 saturated carbocycles. The normalized spacial score (nSPS) is 11.3. The number of nitrogens with zero attached hydrogens (tertiary/aromatic N) is 2. The molecule has 0 aliphatic rings. The fourth-order valence-electron chi connectivity index (χ4n) is 1.89. The Bertz CT molecular complexity index is 390. The molecule has 1 aromatic carbocycles. The van der Waals surface area contributed by atoms with Crippen molar-refractivity contribution >= 4 is 5.78 Å². The largest absolute Gasteiger partial charge is 0.309 e. The lowest BCUT2D eigenvalue weighted by molar-refractivity contribution is 0.0931. The monoisotopic (exact) mass is 266 g/mol. The van der Waals surface area contributed by atoms with E-state index in [0.717, 1.165) is 26.1 Å². The van der Waals surface area contributed by atoms with Crippen molar-refractivity contribution in [3.63, 3.8) is 0 Å². The number of likely N-dealkylation sites (N-methyl/N-ethyl adjacent to an activating group) is 1. The van der Waals surface area contributed by atoms with E-state index >= 15 is 0 Å².